The summed E-state index contributed by atoms with van der Waals surface area (Å²) in [7, 11) is 1.62. The molecule has 0 fully saturated rings. The number of anilines is 2. The minimum atomic E-state index is -0.228. The van der Waals surface area contributed by atoms with Crippen LogP contribution in [-0.4, -0.2) is 25.7 Å². The maximum Gasteiger partial charge on any atom is 0.326 e. The van der Waals surface area contributed by atoms with Gasteiger partial charge in [0.05, 0.1) is 26.2 Å². The minimum Gasteiger partial charge on any atom is -0.497 e. The van der Waals surface area contributed by atoms with Crippen molar-refractivity contribution in [1.29, 1.82) is 0 Å². The highest BCUT2D eigenvalue weighted by molar-refractivity contribution is 7.99. The Balaban J connectivity index is 1.44. The van der Waals surface area contributed by atoms with Crippen molar-refractivity contribution < 1.29 is 19.1 Å². The molecule has 0 spiro atoms. The fourth-order valence-electron chi connectivity index (χ4n) is 4.12. The highest BCUT2D eigenvalue weighted by Crippen LogP contribution is 2.31. The molecule has 39 heavy (non-hydrogen) atoms. The average Bonchev–Trinajstić information content (AvgIpc) is 2.96. The Kier molecular flexibility index (Phi) is 9.64. The molecule has 0 bridgehead atoms. The molecule has 4 aromatic carbocycles. The largest absolute Gasteiger partial charge is 0.497 e. The fourth-order valence-corrected chi connectivity index (χ4v) is 4.94. The van der Waals surface area contributed by atoms with E-state index < -0.39 is 0 Å². The Morgan fingerprint density at radius 2 is 1.46 bits per heavy atom. The molecule has 0 saturated heterocycles. The van der Waals surface area contributed by atoms with Crippen LogP contribution in [0.15, 0.2) is 113 Å². The topological polar surface area (TPSA) is 67.9 Å². The number of carbonyl (C=O) groups is 2. The SMILES string of the molecule is CCOC(=O)Cc1ccc(Sc2ccc(NC(=O)N(c3ccc(OC)cc3)C(C)c3ccccc3)cc2)cc1. The summed E-state index contributed by atoms with van der Waals surface area (Å²) in [6, 6.07) is 32.6. The van der Waals surface area contributed by atoms with E-state index in [-0.39, 0.29) is 24.5 Å². The van der Waals surface area contributed by atoms with E-state index in [0.717, 1.165) is 32.4 Å². The van der Waals surface area contributed by atoms with Crippen molar-refractivity contribution in [2.75, 3.05) is 23.9 Å². The molecule has 4 rings (SSSR count). The lowest BCUT2D eigenvalue weighted by Gasteiger charge is -2.30. The molecule has 0 heterocycles. The van der Waals surface area contributed by atoms with E-state index in [4.69, 9.17) is 9.47 Å². The molecule has 0 aliphatic carbocycles. The van der Waals surface area contributed by atoms with Crippen molar-refractivity contribution in [2.45, 2.75) is 36.1 Å². The normalized spacial score (nSPS) is 11.4. The summed E-state index contributed by atoms with van der Waals surface area (Å²) < 4.78 is 10.3. The average molecular weight is 541 g/mol. The summed E-state index contributed by atoms with van der Waals surface area (Å²) in [5.74, 6) is 0.507. The Bertz CT molecular complexity index is 1360. The molecule has 0 radical (unpaired) electrons. The third-order valence-corrected chi connectivity index (χ3v) is 7.17. The van der Waals surface area contributed by atoms with Gasteiger partial charge in [-0.3, -0.25) is 9.69 Å². The number of carbonyl (C=O) groups excluding carboxylic acids is 2. The van der Waals surface area contributed by atoms with Crippen LogP contribution < -0.4 is 15.0 Å². The van der Waals surface area contributed by atoms with Crippen molar-refractivity contribution in [2.24, 2.45) is 0 Å². The van der Waals surface area contributed by atoms with Gasteiger partial charge in [0.1, 0.15) is 5.75 Å². The lowest BCUT2D eigenvalue weighted by atomic mass is 10.1. The zero-order valence-electron chi connectivity index (χ0n) is 22.3. The first kappa shape index (κ1) is 27.8. The highest BCUT2D eigenvalue weighted by Gasteiger charge is 2.23. The molecule has 0 aliphatic rings. The van der Waals surface area contributed by atoms with Crippen LogP contribution in [0.1, 0.15) is 31.0 Å². The molecule has 0 saturated carbocycles. The van der Waals surface area contributed by atoms with Gasteiger partial charge in [-0.2, -0.15) is 0 Å². The third kappa shape index (κ3) is 7.65. The molecule has 0 aliphatic heterocycles. The highest BCUT2D eigenvalue weighted by atomic mass is 32.2. The monoisotopic (exact) mass is 540 g/mol. The standard InChI is InChI=1S/C32H32N2O4S/c1-4-38-31(35)22-24-10-18-29(19-11-24)39-30-20-12-26(13-21-30)33-32(36)34(23(2)25-8-6-5-7-9-25)27-14-16-28(37-3)17-15-27/h5-21,23H,4,22H2,1-3H3,(H,33,36). The minimum absolute atomic E-state index is 0.193. The van der Waals surface area contributed by atoms with Crippen molar-refractivity contribution in [1.82, 2.24) is 0 Å². The first-order valence-corrected chi connectivity index (χ1v) is 13.6. The molecule has 1 unspecified atom stereocenters. The zero-order valence-corrected chi connectivity index (χ0v) is 23.1. The van der Waals surface area contributed by atoms with Crippen LogP contribution in [-0.2, 0) is 16.0 Å². The first-order chi connectivity index (χ1) is 19.0. The lowest BCUT2D eigenvalue weighted by molar-refractivity contribution is -0.142. The van der Waals surface area contributed by atoms with Crippen LogP contribution in [0.3, 0.4) is 0 Å². The molecular formula is C32H32N2O4S. The summed E-state index contributed by atoms with van der Waals surface area (Å²) in [5.41, 5.74) is 3.42. The molecule has 7 heteroatoms. The summed E-state index contributed by atoms with van der Waals surface area (Å²) >= 11 is 1.61. The number of esters is 1. The predicted molar refractivity (Wildman–Crippen MR) is 157 cm³/mol. The number of hydrogen-bond donors (Lipinski definition) is 1. The van der Waals surface area contributed by atoms with Crippen LogP contribution >= 0.6 is 11.8 Å². The van der Waals surface area contributed by atoms with Crippen molar-refractivity contribution in [3.63, 3.8) is 0 Å². The number of amides is 2. The van der Waals surface area contributed by atoms with E-state index in [9.17, 15) is 9.59 Å². The molecule has 0 aromatic heterocycles. The number of benzene rings is 4. The molecule has 6 nitrogen and oxygen atoms in total. The van der Waals surface area contributed by atoms with Crippen LogP contribution in [0.25, 0.3) is 0 Å². The molecule has 1 N–H and O–H groups in total. The summed E-state index contributed by atoms with van der Waals surface area (Å²) in [4.78, 5) is 29.1. The van der Waals surface area contributed by atoms with Gasteiger partial charge in [0.15, 0.2) is 0 Å². The zero-order chi connectivity index (χ0) is 27.6. The number of hydrogen-bond acceptors (Lipinski definition) is 5. The molecule has 200 valence electrons. The van der Waals surface area contributed by atoms with Gasteiger partial charge in [0.25, 0.3) is 0 Å². The van der Waals surface area contributed by atoms with E-state index in [1.54, 1.807) is 30.7 Å². The van der Waals surface area contributed by atoms with Gasteiger partial charge >= 0.3 is 12.0 Å². The van der Waals surface area contributed by atoms with Crippen molar-refractivity contribution >= 4 is 35.1 Å². The van der Waals surface area contributed by atoms with Gasteiger partial charge in [0.2, 0.25) is 0 Å². The quantitative estimate of drug-likeness (QED) is 0.208. The number of urea groups is 1. The Labute approximate surface area is 234 Å². The fraction of sp³-hybridized carbons (Fsp3) is 0.188. The first-order valence-electron chi connectivity index (χ1n) is 12.8. The number of methoxy groups -OCH3 is 1. The van der Waals surface area contributed by atoms with Crippen LogP contribution in [0, 0.1) is 0 Å². The molecule has 4 aromatic rings. The maximum atomic E-state index is 13.6. The lowest BCUT2D eigenvalue weighted by Crippen LogP contribution is -2.37. The van der Waals surface area contributed by atoms with E-state index in [1.807, 2.05) is 110 Å². The Morgan fingerprint density at radius 1 is 0.846 bits per heavy atom. The van der Waals surface area contributed by atoms with Gasteiger partial charge in [-0.1, -0.05) is 54.2 Å². The number of rotatable bonds is 10. The second-order valence-corrected chi connectivity index (χ2v) is 9.98. The van der Waals surface area contributed by atoms with E-state index in [2.05, 4.69) is 5.32 Å². The van der Waals surface area contributed by atoms with Crippen LogP contribution in [0.5, 0.6) is 5.75 Å². The third-order valence-electron chi connectivity index (χ3n) is 6.16. The maximum absolute atomic E-state index is 13.6. The van der Waals surface area contributed by atoms with Gasteiger partial charge in [-0.05, 0) is 85.6 Å². The Morgan fingerprint density at radius 3 is 2.05 bits per heavy atom. The van der Waals surface area contributed by atoms with Gasteiger partial charge < -0.3 is 14.8 Å². The van der Waals surface area contributed by atoms with E-state index in [1.165, 1.54) is 0 Å². The number of nitrogens with zero attached hydrogens (tertiary/aromatic N) is 1. The summed E-state index contributed by atoms with van der Waals surface area (Å²) in [5, 5.41) is 3.05. The van der Waals surface area contributed by atoms with E-state index in [0.29, 0.717) is 12.3 Å². The van der Waals surface area contributed by atoms with E-state index >= 15 is 0 Å². The van der Waals surface area contributed by atoms with Crippen LogP contribution in [0.4, 0.5) is 16.2 Å². The number of nitrogens with one attached hydrogen (secondary N) is 1. The summed E-state index contributed by atoms with van der Waals surface area (Å²) in [6.07, 6.45) is 0.267. The number of ether oxygens (including phenoxy) is 2. The summed E-state index contributed by atoms with van der Waals surface area (Å²) in [6.45, 7) is 4.20. The van der Waals surface area contributed by atoms with Crippen LogP contribution in [0.2, 0.25) is 0 Å². The van der Waals surface area contributed by atoms with Gasteiger partial charge in [0, 0.05) is 21.2 Å². The van der Waals surface area contributed by atoms with Gasteiger partial charge in [-0.25, -0.2) is 4.79 Å². The van der Waals surface area contributed by atoms with Crippen molar-refractivity contribution in [3.8, 4) is 5.75 Å². The second kappa shape index (κ2) is 13.5. The van der Waals surface area contributed by atoms with Gasteiger partial charge in [-0.15, -0.1) is 0 Å². The predicted octanol–water partition coefficient (Wildman–Crippen LogP) is 7.75. The second-order valence-electron chi connectivity index (χ2n) is 8.84. The molecule has 1 atom stereocenters. The smallest absolute Gasteiger partial charge is 0.326 e. The molecule has 2 amide bonds. The molecular weight excluding hydrogens is 508 g/mol. The van der Waals surface area contributed by atoms with Crippen molar-refractivity contribution in [3.05, 3.63) is 114 Å². The Hall–Kier alpha value is -4.23.